The van der Waals surface area contributed by atoms with Crippen LogP contribution in [0.2, 0.25) is 0 Å². The predicted octanol–water partition coefficient (Wildman–Crippen LogP) is 0.121. The molecule has 0 bridgehead atoms. The fourth-order valence-corrected chi connectivity index (χ4v) is 7.13. The Bertz CT molecular complexity index is 1800. The number of hydrogen-bond acceptors (Lipinski definition) is 16. The molecule has 3 aromatic heterocycles. The van der Waals surface area contributed by atoms with Crippen molar-refractivity contribution in [2.75, 3.05) is 45.0 Å². The van der Waals surface area contributed by atoms with Crippen LogP contribution in [-0.4, -0.2) is 96.8 Å². The normalized spacial score (nSPS) is 27.3. The minimum atomic E-state index is -4.23. The van der Waals surface area contributed by atoms with Crippen LogP contribution in [0, 0.1) is 6.92 Å². The number of aromatic nitrogens is 6. The van der Waals surface area contributed by atoms with Crippen molar-refractivity contribution in [2.24, 2.45) is 0 Å². The molecule has 260 valence electrons. The number of fused-ring (bicyclic) bond motifs is 1. The number of methoxy groups -OCH3 is 1. The topological polar surface area (TPSA) is 273 Å². The third-order valence-corrected chi connectivity index (χ3v) is 9.67. The number of ether oxygens (including phenoxy) is 4. The lowest BCUT2D eigenvalue weighted by Gasteiger charge is -2.24. The van der Waals surface area contributed by atoms with Crippen molar-refractivity contribution in [1.29, 1.82) is 0 Å². The Hall–Kier alpha value is -2.30. The highest BCUT2D eigenvalue weighted by molar-refractivity contribution is 8.44. The molecule has 20 nitrogen and oxygen atoms in total. The van der Waals surface area contributed by atoms with Gasteiger partial charge in [0.2, 0.25) is 5.95 Å². The van der Waals surface area contributed by atoms with E-state index in [1.54, 1.807) is 6.92 Å². The third-order valence-electron chi connectivity index (χ3n) is 7.25. The van der Waals surface area contributed by atoms with Crippen LogP contribution in [0.25, 0.3) is 11.2 Å². The number of aromatic amines is 1. The summed E-state index contributed by atoms with van der Waals surface area (Å²) in [7, 11) is 1.52. The molecule has 2 aliphatic heterocycles. The van der Waals surface area contributed by atoms with Gasteiger partial charge in [-0.25, -0.2) is 14.3 Å². The summed E-state index contributed by atoms with van der Waals surface area (Å²) in [5.74, 6) is -0.0618. The molecule has 7 N–H and O–H groups in total. The summed E-state index contributed by atoms with van der Waals surface area (Å²) in [6.07, 6.45) is -2.10. The number of imidazole rings is 1. The Morgan fingerprint density at radius 3 is 2.62 bits per heavy atom. The van der Waals surface area contributed by atoms with Crippen molar-refractivity contribution in [2.45, 2.75) is 56.6 Å². The predicted molar refractivity (Wildman–Crippen MR) is 171 cm³/mol. The second kappa shape index (κ2) is 14.7. The number of nitrogens with one attached hydrogen (secondary N) is 1. The highest BCUT2D eigenvalue weighted by Crippen LogP contribution is 2.51. The van der Waals surface area contributed by atoms with E-state index >= 15 is 0 Å². The Balaban J connectivity index is 1.29. The Morgan fingerprint density at radius 1 is 1.13 bits per heavy atom. The van der Waals surface area contributed by atoms with Crippen LogP contribution >= 0.6 is 25.8 Å². The largest absolute Gasteiger partial charge is 0.383 e. The van der Waals surface area contributed by atoms with E-state index in [0.29, 0.717) is 12.2 Å². The lowest BCUT2D eigenvalue weighted by Crippen LogP contribution is -2.34. The van der Waals surface area contributed by atoms with Gasteiger partial charge in [0.1, 0.15) is 24.3 Å². The fourth-order valence-electron chi connectivity index (χ4n) is 5.10. The molecular formula is C23H34N8O12P2S2. The van der Waals surface area contributed by atoms with Crippen LogP contribution in [0.5, 0.6) is 0 Å². The lowest BCUT2D eigenvalue weighted by atomic mass is 10.2. The highest BCUT2D eigenvalue weighted by atomic mass is 32.7. The SMILES string of the molecule is COCCO[C@H]1C[C@@H](COP(O)(=S)O[C@@H]2C[C@H](n3cnc4c(=O)[nH]c(N)nc43)O[C@@H]2COP(=O)(O)S)O[C@H]1n1cc(C)c(N)nc1=O. The Kier molecular flexibility index (Phi) is 11.2. The first-order valence-electron chi connectivity index (χ1n) is 14.0. The molecule has 0 radical (unpaired) electrons. The average molecular weight is 741 g/mol. The first kappa shape index (κ1) is 36.0. The van der Waals surface area contributed by atoms with E-state index in [-0.39, 0.29) is 49.0 Å². The molecule has 2 unspecified atom stereocenters. The van der Waals surface area contributed by atoms with Crippen molar-refractivity contribution < 1.29 is 46.9 Å². The smallest absolute Gasteiger partial charge is 0.383 e. The summed E-state index contributed by atoms with van der Waals surface area (Å²) < 4.78 is 53.9. The molecule has 2 saturated heterocycles. The first-order chi connectivity index (χ1) is 22.1. The lowest BCUT2D eigenvalue weighted by molar-refractivity contribution is -0.0785. The summed E-state index contributed by atoms with van der Waals surface area (Å²) in [6, 6.07) is 0. The van der Waals surface area contributed by atoms with Gasteiger partial charge in [-0.2, -0.15) is 9.97 Å². The zero-order valence-corrected chi connectivity index (χ0v) is 28.5. The van der Waals surface area contributed by atoms with E-state index in [9.17, 15) is 23.9 Å². The molecular weight excluding hydrogens is 706 g/mol. The number of hydrogen-bond donors (Lipinski definition) is 6. The molecule has 24 heteroatoms. The summed E-state index contributed by atoms with van der Waals surface area (Å²) in [5, 5.41) is 0. The zero-order chi connectivity index (χ0) is 34.1. The molecule has 3 aromatic rings. The molecule has 0 saturated carbocycles. The average Bonchev–Trinajstić information content (AvgIpc) is 3.69. The van der Waals surface area contributed by atoms with Crippen molar-refractivity contribution in [1.82, 2.24) is 29.1 Å². The number of thiol groups is 1. The number of nitrogens with zero attached hydrogens (tertiary/aromatic N) is 5. The van der Waals surface area contributed by atoms with Crippen LogP contribution in [0.15, 0.2) is 22.1 Å². The molecule has 47 heavy (non-hydrogen) atoms. The van der Waals surface area contributed by atoms with E-state index in [2.05, 4.69) is 32.2 Å². The van der Waals surface area contributed by atoms with Gasteiger partial charge in [0.25, 0.3) is 5.56 Å². The van der Waals surface area contributed by atoms with E-state index in [1.807, 2.05) is 0 Å². The van der Waals surface area contributed by atoms with Gasteiger partial charge in [0.15, 0.2) is 17.4 Å². The maximum atomic E-state index is 12.7. The number of aryl methyl sites for hydroxylation is 1. The highest BCUT2D eigenvalue weighted by Gasteiger charge is 2.43. The second-order valence-corrected chi connectivity index (χ2v) is 16.2. The molecule has 8 atom stereocenters. The number of H-pyrrole nitrogens is 1. The van der Waals surface area contributed by atoms with Gasteiger partial charge in [0.05, 0.1) is 45.0 Å². The van der Waals surface area contributed by atoms with Crippen LogP contribution in [0.3, 0.4) is 0 Å². The monoisotopic (exact) mass is 740 g/mol. The van der Waals surface area contributed by atoms with Crippen molar-refractivity contribution >= 4 is 60.5 Å². The number of nitrogens with two attached hydrogens (primary N) is 2. The Morgan fingerprint density at radius 2 is 1.89 bits per heavy atom. The summed E-state index contributed by atoms with van der Waals surface area (Å²) in [6.45, 7) is -6.78. The van der Waals surface area contributed by atoms with Gasteiger partial charge in [0, 0.05) is 31.7 Å². The van der Waals surface area contributed by atoms with E-state index in [4.69, 9.17) is 55.8 Å². The molecule has 2 aliphatic rings. The maximum Gasteiger partial charge on any atom is 0.383 e. The summed E-state index contributed by atoms with van der Waals surface area (Å²) >= 11 is 8.83. The van der Waals surface area contributed by atoms with Gasteiger partial charge in [-0.05, 0) is 18.7 Å². The maximum absolute atomic E-state index is 12.7. The van der Waals surface area contributed by atoms with Crippen LogP contribution in [-0.2, 0) is 48.9 Å². The second-order valence-electron chi connectivity index (χ2n) is 10.6. The summed E-state index contributed by atoms with van der Waals surface area (Å²) in [4.78, 5) is 59.9. The Labute approximate surface area is 276 Å². The van der Waals surface area contributed by atoms with Gasteiger partial charge in [-0.3, -0.25) is 23.4 Å². The van der Waals surface area contributed by atoms with Gasteiger partial charge in [-0.15, -0.1) is 0 Å². The van der Waals surface area contributed by atoms with Crippen molar-refractivity contribution in [3.63, 3.8) is 0 Å². The van der Waals surface area contributed by atoms with Crippen LogP contribution in [0.1, 0.15) is 30.9 Å². The van der Waals surface area contributed by atoms with Crippen LogP contribution in [0.4, 0.5) is 11.8 Å². The minimum absolute atomic E-state index is 0.00229. The molecule has 0 amide bonds. The van der Waals surface area contributed by atoms with Crippen molar-refractivity contribution in [3.8, 4) is 0 Å². The van der Waals surface area contributed by atoms with Crippen LogP contribution < -0.4 is 22.7 Å². The number of rotatable bonds is 14. The fraction of sp³-hybridized carbons (Fsp3) is 0.609. The zero-order valence-electron chi connectivity index (χ0n) is 25.0. The van der Waals surface area contributed by atoms with E-state index in [0.717, 1.165) is 0 Å². The number of anilines is 2. The molecule has 0 aromatic carbocycles. The minimum Gasteiger partial charge on any atom is -0.383 e. The number of nitrogen functional groups attached to an aromatic ring is 2. The molecule has 2 fully saturated rings. The van der Waals surface area contributed by atoms with E-state index in [1.165, 1.54) is 28.8 Å². The molecule has 5 heterocycles. The third kappa shape index (κ3) is 8.84. The van der Waals surface area contributed by atoms with Gasteiger partial charge < -0.3 is 49.2 Å². The van der Waals surface area contributed by atoms with E-state index < -0.39 is 68.2 Å². The first-order valence-corrected chi connectivity index (χ1v) is 19.3. The molecule has 5 rings (SSSR count). The molecule has 0 aliphatic carbocycles. The molecule has 0 spiro atoms. The van der Waals surface area contributed by atoms with Crippen molar-refractivity contribution in [3.05, 3.63) is 38.9 Å². The van der Waals surface area contributed by atoms with Gasteiger partial charge in [-0.1, -0.05) is 12.2 Å². The van der Waals surface area contributed by atoms with Gasteiger partial charge >= 0.3 is 19.2 Å². The standard InChI is InChI=1S/C23H34N8O12P2S2/c1-11-7-30(23(33)27-18(11)24)21-14(38-4-3-37-2)5-12(41-21)8-40-45(36,47)43-13-6-16(42-15(13)9-39-44(34,35)46)31-10-26-17-19(31)28-22(25)29-20(17)32/h7,10,12-16,21H,3-6,8-9H2,1-2H3,(H,36,47)(H2,24,27,33)(H2,34,35,46)(H3,25,28,29,32)/t12-,13+,14-,15+,16+,21+,45?/m0/s1. The summed E-state index contributed by atoms with van der Waals surface area (Å²) in [5.41, 5.74) is 10.9. The quantitative estimate of drug-likeness (QED) is 0.0727.